The Hall–Kier alpha value is -1.21. The number of rotatable bonds is 9. The van der Waals surface area contributed by atoms with Crippen molar-refractivity contribution in [3.05, 3.63) is 18.5 Å². The van der Waals surface area contributed by atoms with Gasteiger partial charge in [0.05, 0.1) is 5.75 Å². The number of anilines is 1. The van der Waals surface area contributed by atoms with E-state index in [-0.39, 0.29) is 11.7 Å². The maximum absolute atomic E-state index is 11.7. The van der Waals surface area contributed by atoms with Gasteiger partial charge in [-0.3, -0.25) is 4.72 Å². The van der Waals surface area contributed by atoms with Gasteiger partial charge in [0.1, 0.15) is 0 Å². The number of hydrogen-bond acceptors (Lipinski definition) is 5. The molecule has 0 radical (unpaired) electrons. The van der Waals surface area contributed by atoms with E-state index < -0.39 is 10.0 Å². The number of unbranched alkanes of at least 4 members (excludes halogenated alkanes) is 1. The van der Waals surface area contributed by atoms with Gasteiger partial charge in [-0.2, -0.15) is 0 Å². The summed E-state index contributed by atoms with van der Waals surface area (Å²) < 4.78 is 25.7. The fourth-order valence-corrected chi connectivity index (χ4v) is 2.46. The summed E-state index contributed by atoms with van der Waals surface area (Å²) >= 11 is 0. The standard InChI is InChI=1S/C11H20N4O2S/c1-2-6-12-7-3-4-10-18(16,17)15-11-13-8-5-9-14-11/h5,8-9,12H,2-4,6-7,10H2,1H3,(H,13,14,15). The highest BCUT2D eigenvalue weighted by molar-refractivity contribution is 7.92. The Balaban J connectivity index is 2.24. The topological polar surface area (TPSA) is 84.0 Å². The highest BCUT2D eigenvalue weighted by Gasteiger charge is 2.10. The molecule has 1 heterocycles. The van der Waals surface area contributed by atoms with Crippen molar-refractivity contribution in [3.8, 4) is 0 Å². The van der Waals surface area contributed by atoms with Gasteiger partial charge < -0.3 is 5.32 Å². The summed E-state index contributed by atoms with van der Waals surface area (Å²) in [7, 11) is -3.33. The van der Waals surface area contributed by atoms with Crippen molar-refractivity contribution in [2.75, 3.05) is 23.6 Å². The van der Waals surface area contributed by atoms with Crippen LogP contribution in [-0.2, 0) is 10.0 Å². The number of nitrogens with one attached hydrogen (secondary N) is 2. The van der Waals surface area contributed by atoms with Crippen molar-refractivity contribution in [1.29, 1.82) is 0 Å². The van der Waals surface area contributed by atoms with Crippen LogP contribution in [-0.4, -0.2) is 37.2 Å². The first-order valence-electron chi connectivity index (χ1n) is 6.12. The highest BCUT2D eigenvalue weighted by atomic mass is 32.2. The third kappa shape index (κ3) is 6.51. The van der Waals surface area contributed by atoms with Crippen LogP contribution in [0.4, 0.5) is 5.95 Å². The van der Waals surface area contributed by atoms with Crippen LogP contribution >= 0.6 is 0 Å². The van der Waals surface area contributed by atoms with Crippen molar-refractivity contribution in [1.82, 2.24) is 15.3 Å². The molecule has 0 aliphatic rings. The molecule has 1 aromatic heterocycles. The van der Waals surface area contributed by atoms with E-state index in [0.29, 0.717) is 6.42 Å². The molecule has 0 aromatic carbocycles. The molecular weight excluding hydrogens is 252 g/mol. The first-order chi connectivity index (χ1) is 8.64. The lowest BCUT2D eigenvalue weighted by atomic mass is 10.3. The Morgan fingerprint density at radius 1 is 1.17 bits per heavy atom. The van der Waals surface area contributed by atoms with Crippen LogP contribution < -0.4 is 10.0 Å². The van der Waals surface area contributed by atoms with Crippen LogP contribution in [0.2, 0.25) is 0 Å². The second-order valence-electron chi connectivity index (χ2n) is 3.95. The number of nitrogens with zero attached hydrogens (tertiary/aromatic N) is 2. The van der Waals surface area contributed by atoms with Gasteiger partial charge in [0.15, 0.2) is 0 Å². The molecule has 102 valence electrons. The molecule has 7 heteroatoms. The van der Waals surface area contributed by atoms with Gasteiger partial charge in [-0.15, -0.1) is 0 Å². The highest BCUT2D eigenvalue weighted by Crippen LogP contribution is 2.02. The van der Waals surface area contributed by atoms with Gasteiger partial charge in [0.25, 0.3) is 0 Å². The third-order valence-corrected chi connectivity index (χ3v) is 3.58. The fraction of sp³-hybridized carbons (Fsp3) is 0.636. The molecule has 6 nitrogen and oxygen atoms in total. The predicted octanol–water partition coefficient (Wildman–Crippen LogP) is 0.998. The van der Waals surface area contributed by atoms with Crippen LogP contribution in [0.25, 0.3) is 0 Å². The van der Waals surface area contributed by atoms with Crippen molar-refractivity contribution in [3.63, 3.8) is 0 Å². The molecule has 0 amide bonds. The Morgan fingerprint density at radius 3 is 2.56 bits per heavy atom. The van der Waals surface area contributed by atoms with Crippen LogP contribution in [0.15, 0.2) is 18.5 Å². The number of aromatic nitrogens is 2. The number of sulfonamides is 1. The van der Waals surface area contributed by atoms with Crippen LogP contribution in [0.5, 0.6) is 0 Å². The minimum atomic E-state index is -3.33. The summed E-state index contributed by atoms with van der Waals surface area (Å²) in [5.41, 5.74) is 0. The molecule has 0 aliphatic heterocycles. The largest absolute Gasteiger partial charge is 0.317 e. The van der Waals surface area contributed by atoms with E-state index in [4.69, 9.17) is 0 Å². The van der Waals surface area contributed by atoms with Crippen molar-refractivity contribution in [2.24, 2.45) is 0 Å². The fourth-order valence-electron chi connectivity index (χ4n) is 1.39. The van der Waals surface area contributed by atoms with E-state index >= 15 is 0 Å². The maximum Gasteiger partial charge on any atom is 0.236 e. The molecule has 2 N–H and O–H groups in total. The zero-order valence-corrected chi connectivity index (χ0v) is 11.4. The molecule has 0 bridgehead atoms. The Morgan fingerprint density at radius 2 is 1.89 bits per heavy atom. The monoisotopic (exact) mass is 272 g/mol. The van der Waals surface area contributed by atoms with E-state index in [1.807, 2.05) is 0 Å². The second kappa shape index (κ2) is 7.99. The van der Waals surface area contributed by atoms with Crippen LogP contribution in [0, 0.1) is 0 Å². The normalized spacial score (nSPS) is 11.4. The van der Waals surface area contributed by atoms with E-state index in [1.165, 1.54) is 12.4 Å². The van der Waals surface area contributed by atoms with Crippen molar-refractivity contribution < 1.29 is 8.42 Å². The van der Waals surface area contributed by atoms with Crippen molar-refractivity contribution >= 4 is 16.0 Å². The van der Waals surface area contributed by atoms with Gasteiger partial charge >= 0.3 is 0 Å². The van der Waals surface area contributed by atoms with E-state index in [1.54, 1.807) is 6.07 Å². The molecule has 0 aliphatic carbocycles. The molecule has 0 saturated carbocycles. The van der Waals surface area contributed by atoms with E-state index in [2.05, 4.69) is 26.9 Å². The molecule has 0 saturated heterocycles. The van der Waals surface area contributed by atoms with Gasteiger partial charge in [-0.05, 0) is 38.4 Å². The minimum Gasteiger partial charge on any atom is -0.317 e. The number of hydrogen-bond donors (Lipinski definition) is 2. The van der Waals surface area contributed by atoms with E-state index in [0.717, 1.165) is 25.9 Å². The Kier molecular flexibility index (Phi) is 6.59. The van der Waals surface area contributed by atoms with E-state index in [9.17, 15) is 8.42 Å². The minimum absolute atomic E-state index is 0.0963. The van der Waals surface area contributed by atoms with Gasteiger partial charge in [0.2, 0.25) is 16.0 Å². The zero-order chi connectivity index (χ0) is 13.3. The first kappa shape index (κ1) is 14.8. The Labute approximate surface area is 108 Å². The molecule has 0 fully saturated rings. The third-order valence-electron chi connectivity index (χ3n) is 2.26. The quantitative estimate of drug-likeness (QED) is 0.655. The maximum atomic E-state index is 11.7. The molecule has 0 atom stereocenters. The lowest BCUT2D eigenvalue weighted by molar-refractivity contribution is 0.590. The summed E-state index contributed by atoms with van der Waals surface area (Å²) in [5.74, 6) is 0.223. The second-order valence-corrected chi connectivity index (χ2v) is 5.79. The average molecular weight is 272 g/mol. The lowest BCUT2D eigenvalue weighted by Gasteiger charge is -2.06. The summed E-state index contributed by atoms with van der Waals surface area (Å²) in [6.45, 7) is 3.93. The van der Waals surface area contributed by atoms with Crippen molar-refractivity contribution in [2.45, 2.75) is 26.2 Å². The first-order valence-corrected chi connectivity index (χ1v) is 7.77. The zero-order valence-electron chi connectivity index (χ0n) is 10.6. The molecular formula is C11H20N4O2S. The van der Waals surface area contributed by atoms with Gasteiger partial charge in [0, 0.05) is 12.4 Å². The summed E-state index contributed by atoms with van der Waals surface area (Å²) in [4.78, 5) is 7.64. The molecule has 0 spiro atoms. The molecule has 1 aromatic rings. The SMILES string of the molecule is CCCNCCCCS(=O)(=O)Nc1ncccn1. The van der Waals surface area contributed by atoms with Crippen LogP contribution in [0.1, 0.15) is 26.2 Å². The summed E-state index contributed by atoms with van der Waals surface area (Å²) in [5, 5.41) is 3.23. The smallest absolute Gasteiger partial charge is 0.236 e. The lowest BCUT2D eigenvalue weighted by Crippen LogP contribution is -2.20. The summed E-state index contributed by atoms with van der Waals surface area (Å²) in [6, 6.07) is 1.64. The van der Waals surface area contributed by atoms with Crippen LogP contribution in [0.3, 0.4) is 0 Å². The molecule has 0 unspecified atom stereocenters. The van der Waals surface area contributed by atoms with Gasteiger partial charge in [-0.25, -0.2) is 18.4 Å². The Bertz CT molecular complexity index is 422. The predicted molar refractivity (Wildman–Crippen MR) is 71.8 cm³/mol. The summed E-state index contributed by atoms with van der Waals surface area (Å²) in [6.07, 6.45) is 5.56. The molecule has 18 heavy (non-hydrogen) atoms. The van der Waals surface area contributed by atoms with Gasteiger partial charge in [-0.1, -0.05) is 6.92 Å². The molecule has 1 rings (SSSR count). The average Bonchev–Trinajstić information content (AvgIpc) is 2.34.